The van der Waals surface area contributed by atoms with E-state index in [9.17, 15) is 0 Å². The number of nitrogens with zero attached hydrogens (tertiary/aromatic N) is 1. The number of thiazole rings is 1. The van der Waals surface area contributed by atoms with Crippen molar-refractivity contribution in [2.75, 3.05) is 13.2 Å². The molecule has 0 amide bonds. The molecule has 5 heteroatoms. The van der Waals surface area contributed by atoms with Crippen molar-refractivity contribution in [3.63, 3.8) is 0 Å². The first-order chi connectivity index (χ1) is 16.3. The lowest BCUT2D eigenvalue weighted by atomic mass is 10.1. The highest BCUT2D eigenvalue weighted by Crippen LogP contribution is 2.29. The average molecular weight is 460 g/mol. The molecule has 0 aliphatic carbocycles. The highest BCUT2D eigenvalue weighted by atomic mass is 32.1. The Morgan fingerprint density at radius 1 is 0.788 bits per heavy atom. The van der Waals surface area contributed by atoms with Crippen LogP contribution in [-0.4, -0.2) is 18.2 Å². The zero-order valence-corrected chi connectivity index (χ0v) is 19.7. The summed E-state index contributed by atoms with van der Waals surface area (Å²) in [5.41, 5.74) is 5.15. The Hall–Kier alpha value is -3.31. The van der Waals surface area contributed by atoms with Crippen LogP contribution in [0.1, 0.15) is 31.7 Å². The molecule has 4 rings (SSSR count). The summed E-state index contributed by atoms with van der Waals surface area (Å²) in [5, 5.41) is 2.05. The van der Waals surface area contributed by atoms with Crippen LogP contribution < -0.4 is 14.2 Å². The Balaban J connectivity index is 1.21. The Labute approximate surface area is 199 Å². The topological polar surface area (TPSA) is 40.6 Å². The van der Waals surface area contributed by atoms with E-state index in [1.165, 1.54) is 5.56 Å². The molecule has 0 saturated heterocycles. The first kappa shape index (κ1) is 22.9. The number of hydrogen-bond donors (Lipinski definition) is 0. The van der Waals surface area contributed by atoms with Crippen molar-refractivity contribution >= 4 is 11.3 Å². The lowest BCUT2D eigenvalue weighted by Gasteiger charge is -2.14. The van der Waals surface area contributed by atoms with Crippen molar-refractivity contribution in [2.24, 2.45) is 0 Å². The van der Waals surface area contributed by atoms with Crippen LogP contribution >= 0.6 is 11.3 Å². The van der Waals surface area contributed by atoms with Gasteiger partial charge in [0.1, 0.15) is 23.0 Å². The third kappa shape index (κ3) is 6.83. The summed E-state index contributed by atoms with van der Waals surface area (Å²) in [4.78, 5) is 4.34. The molecule has 33 heavy (non-hydrogen) atoms. The molecule has 0 fully saturated rings. The number of para-hydroxylation sites is 1. The minimum atomic E-state index is 0.668. The minimum Gasteiger partial charge on any atom is -0.494 e. The van der Waals surface area contributed by atoms with Crippen molar-refractivity contribution in [3.8, 4) is 34.3 Å². The van der Waals surface area contributed by atoms with Gasteiger partial charge in [-0.05, 0) is 79.4 Å². The van der Waals surface area contributed by atoms with Gasteiger partial charge in [-0.2, -0.15) is 0 Å². The summed E-state index contributed by atoms with van der Waals surface area (Å²) >= 11 is 1.60. The Bertz CT molecular complexity index is 1100. The van der Waals surface area contributed by atoms with Gasteiger partial charge in [-0.1, -0.05) is 31.5 Å². The molecule has 4 nitrogen and oxygen atoms in total. The van der Waals surface area contributed by atoms with Gasteiger partial charge in [-0.3, -0.25) is 0 Å². The zero-order valence-electron chi connectivity index (χ0n) is 18.9. The fraction of sp³-hybridized carbons (Fsp3) is 0.250. The summed E-state index contributed by atoms with van der Waals surface area (Å²) < 4.78 is 17.9. The maximum absolute atomic E-state index is 6.09. The van der Waals surface area contributed by atoms with Gasteiger partial charge in [0.05, 0.1) is 24.4 Å². The summed E-state index contributed by atoms with van der Waals surface area (Å²) in [6, 6.07) is 24.0. The van der Waals surface area contributed by atoms with Gasteiger partial charge >= 0.3 is 0 Å². The van der Waals surface area contributed by atoms with Crippen LogP contribution in [0.2, 0.25) is 0 Å². The normalized spacial score (nSPS) is 10.7. The van der Waals surface area contributed by atoms with E-state index in [1.807, 2.05) is 77.6 Å². The number of aryl methyl sites for hydroxylation is 1. The van der Waals surface area contributed by atoms with Crippen LogP contribution in [-0.2, 0) is 6.42 Å². The highest BCUT2D eigenvalue weighted by Gasteiger charge is 2.07. The number of benzene rings is 3. The molecule has 0 atom stereocenters. The number of aromatic nitrogens is 1. The fourth-order valence-electron chi connectivity index (χ4n) is 3.50. The summed E-state index contributed by atoms with van der Waals surface area (Å²) in [5.74, 6) is 3.50. The third-order valence-corrected chi connectivity index (χ3v) is 5.76. The molecule has 4 aromatic rings. The van der Waals surface area contributed by atoms with Crippen LogP contribution in [0, 0.1) is 0 Å². The lowest BCUT2D eigenvalue weighted by Crippen LogP contribution is -2.04. The molecule has 3 aromatic carbocycles. The molecular formula is C28H29NO3S. The third-order valence-electron chi connectivity index (χ3n) is 5.18. The first-order valence-electron chi connectivity index (χ1n) is 11.4. The van der Waals surface area contributed by atoms with Gasteiger partial charge in [0, 0.05) is 10.9 Å². The molecule has 0 spiro atoms. The number of rotatable bonds is 12. The summed E-state index contributed by atoms with van der Waals surface area (Å²) in [6.07, 6.45) is 3.89. The number of hydrogen-bond acceptors (Lipinski definition) is 5. The molecule has 0 N–H and O–H groups in total. The fourth-order valence-corrected chi connectivity index (χ4v) is 4.06. The van der Waals surface area contributed by atoms with Crippen molar-refractivity contribution in [1.82, 2.24) is 4.98 Å². The van der Waals surface area contributed by atoms with Crippen LogP contribution in [0.3, 0.4) is 0 Å². The molecule has 1 heterocycles. The van der Waals surface area contributed by atoms with E-state index < -0.39 is 0 Å². The predicted octanol–water partition coefficient (Wildman–Crippen LogP) is 7.79. The average Bonchev–Trinajstić information content (AvgIpc) is 3.39. The second-order valence-electron chi connectivity index (χ2n) is 7.74. The van der Waals surface area contributed by atoms with Gasteiger partial charge in [0.2, 0.25) is 0 Å². The number of ether oxygens (including phenoxy) is 3. The second kappa shape index (κ2) is 12.1. The van der Waals surface area contributed by atoms with Crippen molar-refractivity contribution < 1.29 is 14.2 Å². The molecular weight excluding hydrogens is 430 g/mol. The Morgan fingerprint density at radius 3 is 2.27 bits per heavy atom. The van der Waals surface area contributed by atoms with E-state index in [4.69, 9.17) is 14.2 Å². The van der Waals surface area contributed by atoms with Gasteiger partial charge < -0.3 is 14.2 Å². The van der Waals surface area contributed by atoms with E-state index in [1.54, 1.807) is 11.3 Å². The molecule has 1 aromatic heterocycles. The van der Waals surface area contributed by atoms with Gasteiger partial charge in [0.15, 0.2) is 0 Å². The quantitative estimate of drug-likeness (QED) is 0.203. The zero-order chi connectivity index (χ0) is 22.7. The van der Waals surface area contributed by atoms with E-state index >= 15 is 0 Å². The van der Waals surface area contributed by atoms with Gasteiger partial charge in [-0.25, -0.2) is 4.98 Å². The van der Waals surface area contributed by atoms with E-state index in [0.29, 0.717) is 13.2 Å². The summed E-state index contributed by atoms with van der Waals surface area (Å²) in [6.45, 7) is 3.52. The van der Waals surface area contributed by atoms with Crippen LogP contribution in [0.15, 0.2) is 83.7 Å². The lowest BCUT2D eigenvalue weighted by molar-refractivity contribution is 0.265. The van der Waals surface area contributed by atoms with Crippen LogP contribution in [0.25, 0.3) is 11.3 Å². The van der Waals surface area contributed by atoms with E-state index in [2.05, 4.69) is 18.0 Å². The molecule has 0 saturated carbocycles. The highest BCUT2D eigenvalue weighted by molar-refractivity contribution is 7.07. The molecule has 0 radical (unpaired) electrons. The standard InChI is InChI=1S/C28H29NO3S/c1-2-8-23-19-26(32-25-9-4-3-5-10-25)15-16-28(23)31-18-7-6-17-30-24-13-11-22(12-14-24)27-20-33-21-29-27/h3-5,9-16,19-21H,2,6-8,17-18H2,1H3. The largest absolute Gasteiger partial charge is 0.494 e. The van der Waals surface area contributed by atoms with Crippen molar-refractivity contribution in [3.05, 3.63) is 89.3 Å². The van der Waals surface area contributed by atoms with Crippen LogP contribution in [0.5, 0.6) is 23.0 Å². The SMILES string of the molecule is CCCc1cc(Oc2ccccc2)ccc1OCCCCOc1ccc(-c2cscn2)cc1. The maximum atomic E-state index is 6.09. The van der Waals surface area contributed by atoms with Crippen molar-refractivity contribution in [2.45, 2.75) is 32.6 Å². The smallest absolute Gasteiger partial charge is 0.127 e. The van der Waals surface area contributed by atoms with E-state index in [-0.39, 0.29) is 0 Å². The molecule has 0 aliphatic heterocycles. The number of unbranched alkanes of at least 4 members (excludes halogenated alkanes) is 1. The van der Waals surface area contributed by atoms with Crippen molar-refractivity contribution in [1.29, 1.82) is 0 Å². The van der Waals surface area contributed by atoms with Crippen LogP contribution in [0.4, 0.5) is 0 Å². The maximum Gasteiger partial charge on any atom is 0.127 e. The molecule has 0 aliphatic rings. The van der Waals surface area contributed by atoms with Gasteiger partial charge in [-0.15, -0.1) is 11.3 Å². The van der Waals surface area contributed by atoms with E-state index in [0.717, 1.165) is 59.9 Å². The Morgan fingerprint density at radius 2 is 1.55 bits per heavy atom. The predicted molar refractivity (Wildman–Crippen MR) is 135 cm³/mol. The molecule has 170 valence electrons. The molecule has 0 unspecified atom stereocenters. The second-order valence-corrected chi connectivity index (χ2v) is 8.46. The monoisotopic (exact) mass is 459 g/mol. The first-order valence-corrected chi connectivity index (χ1v) is 12.4. The minimum absolute atomic E-state index is 0.668. The van der Waals surface area contributed by atoms with Gasteiger partial charge in [0.25, 0.3) is 0 Å². The molecule has 0 bridgehead atoms. The Kier molecular flexibility index (Phi) is 8.36. The summed E-state index contributed by atoms with van der Waals surface area (Å²) in [7, 11) is 0.